The smallest absolute Gasteiger partial charge is 0.0171 e. The fraction of sp³-hybridized carbons (Fsp3) is 0.417. The van der Waals surface area contributed by atoms with Crippen LogP contribution in [-0.2, 0) is 0 Å². The van der Waals surface area contributed by atoms with Crippen LogP contribution in [-0.4, -0.2) is 5.37 Å². The summed E-state index contributed by atoms with van der Waals surface area (Å²) < 4.78 is 0. The minimum Gasteiger partial charge on any atom is -0.0928 e. The van der Waals surface area contributed by atoms with Crippen molar-refractivity contribution in [3.05, 3.63) is 35.9 Å². The fourth-order valence-corrected chi connectivity index (χ4v) is 2.01. The van der Waals surface area contributed by atoms with Crippen LogP contribution in [0.5, 0.6) is 0 Å². The van der Waals surface area contributed by atoms with Crippen LogP contribution in [0.3, 0.4) is 0 Å². The van der Waals surface area contributed by atoms with Gasteiger partial charge in [-0.1, -0.05) is 63.3 Å². The third-order valence-electron chi connectivity index (χ3n) is 2.23. The number of rotatable bonds is 2. The molecule has 1 atom stereocenters. The summed E-state index contributed by atoms with van der Waals surface area (Å²) in [6.45, 7) is 6.65. The van der Waals surface area contributed by atoms with Crippen molar-refractivity contribution < 1.29 is 0 Å². The maximum absolute atomic E-state index is 5.08. The van der Waals surface area contributed by atoms with E-state index in [9.17, 15) is 0 Å². The van der Waals surface area contributed by atoms with Gasteiger partial charge in [-0.25, -0.2) is 0 Å². The van der Waals surface area contributed by atoms with E-state index < -0.39 is 0 Å². The molecule has 0 aliphatic rings. The molecular formula is C12H16S. The average molecular weight is 192 g/mol. The summed E-state index contributed by atoms with van der Waals surface area (Å²) >= 11 is 5.08. The molecule has 0 amide bonds. The van der Waals surface area contributed by atoms with Gasteiger partial charge in [0.05, 0.1) is 0 Å². The lowest BCUT2D eigenvalue weighted by atomic mass is 9.78. The predicted molar refractivity (Wildman–Crippen MR) is 62.3 cm³/mol. The molecule has 1 heteroatoms. The Labute approximate surface area is 86.0 Å². The van der Waals surface area contributed by atoms with Crippen LogP contribution in [0.1, 0.15) is 32.3 Å². The van der Waals surface area contributed by atoms with Crippen molar-refractivity contribution in [2.45, 2.75) is 26.7 Å². The summed E-state index contributed by atoms with van der Waals surface area (Å²) in [4.78, 5) is 0. The predicted octanol–water partition coefficient (Wildman–Crippen LogP) is 3.82. The molecule has 70 valence electrons. The molecule has 0 spiro atoms. The number of thiocarbonyl (C=S) groups is 1. The summed E-state index contributed by atoms with van der Waals surface area (Å²) in [5, 5.41) is 1.87. The largest absolute Gasteiger partial charge is 0.0928 e. The highest BCUT2D eigenvalue weighted by molar-refractivity contribution is 7.79. The van der Waals surface area contributed by atoms with Crippen molar-refractivity contribution in [2.24, 2.45) is 5.41 Å². The molecule has 0 heterocycles. The van der Waals surface area contributed by atoms with Gasteiger partial charge in [-0.15, -0.1) is 0 Å². The van der Waals surface area contributed by atoms with E-state index in [-0.39, 0.29) is 5.41 Å². The Balaban J connectivity index is 2.99. The quantitative estimate of drug-likeness (QED) is 0.642. The van der Waals surface area contributed by atoms with Crippen LogP contribution in [0.15, 0.2) is 30.3 Å². The molecular weight excluding hydrogens is 176 g/mol. The van der Waals surface area contributed by atoms with Gasteiger partial charge in [-0.05, 0) is 16.3 Å². The Morgan fingerprint density at radius 3 is 2.08 bits per heavy atom. The zero-order valence-electron chi connectivity index (χ0n) is 8.45. The highest BCUT2D eigenvalue weighted by atomic mass is 32.1. The topological polar surface area (TPSA) is 0 Å². The monoisotopic (exact) mass is 192 g/mol. The molecule has 13 heavy (non-hydrogen) atoms. The van der Waals surface area contributed by atoms with Crippen LogP contribution in [0.25, 0.3) is 0 Å². The second-order valence-electron chi connectivity index (χ2n) is 4.39. The van der Waals surface area contributed by atoms with E-state index >= 15 is 0 Å². The van der Waals surface area contributed by atoms with Crippen LogP contribution in [0, 0.1) is 5.41 Å². The van der Waals surface area contributed by atoms with Crippen LogP contribution < -0.4 is 0 Å². The van der Waals surface area contributed by atoms with Crippen molar-refractivity contribution >= 4 is 17.6 Å². The zero-order chi connectivity index (χ0) is 9.90. The van der Waals surface area contributed by atoms with Gasteiger partial charge in [0, 0.05) is 5.92 Å². The molecule has 0 radical (unpaired) electrons. The maximum atomic E-state index is 5.08. The molecule has 0 bridgehead atoms. The Morgan fingerprint density at radius 1 is 1.15 bits per heavy atom. The molecule has 0 aliphatic carbocycles. The molecule has 0 N–H and O–H groups in total. The second kappa shape index (κ2) is 4.01. The summed E-state index contributed by atoms with van der Waals surface area (Å²) in [6, 6.07) is 10.4. The van der Waals surface area contributed by atoms with Gasteiger partial charge in [0.25, 0.3) is 0 Å². The fourth-order valence-electron chi connectivity index (χ4n) is 1.44. The lowest BCUT2D eigenvalue weighted by Gasteiger charge is -2.27. The van der Waals surface area contributed by atoms with Crippen LogP contribution in [0.4, 0.5) is 0 Å². The number of hydrogen-bond donors (Lipinski definition) is 0. The minimum absolute atomic E-state index is 0.211. The van der Waals surface area contributed by atoms with E-state index in [0.29, 0.717) is 5.92 Å². The standard InChI is InChI=1S/C12H16S/c1-12(2,3)11(9-13)10-7-5-4-6-8-10/h4-9,11H,1-3H3. The van der Waals surface area contributed by atoms with Gasteiger partial charge in [-0.2, -0.15) is 0 Å². The van der Waals surface area contributed by atoms with Gasteiger partial charge in [0.15, 0.2) is 0 Å². The van der Waals surface area contributed by atoms with E-state index in [4.69, 9.17) is 12.2 Å². The Morgan fingerprint density at radius 2 is 1.69 bits per heavy atom. The van der Waals surface area contributed by atoms with E-state index in [1.54, 1.807) is 0 Å². The summed E-state index contributed by atoms with van der Waals surface area (Å²) in [6.07, 6.45) is 0. The van der Waals surface area contributed by atoms with Crippen LogP contribution >= 0.6 is 12.2 Å². The van der Waals surface area contributed by atoms with E-state index in [2.05, 4.69) is 45.0 Å². The maximum Gasteiger partial charge on any atom is 0.0171 e. The number of benzene rings is 1. The number of hydrogen-bond acceptors (Lipinski definition) is 1. The summed E-state index contributed by atoms with van der Waals surface area (Å²) in [7, 11) is 0. The first-order valence-electron chi connectivity index (χ1n) is 4.56. The molecule has 0 saturated carbocycles. The van der Waals surface area contributed by atoms with Crippen molar-refractivity contribution in [1.29, 1.82) is 0 Å². The zero-order valence-corrected chi connectivity index (χ0v) is 9.27. The highest BCUT2D eigenvalue weighted by Gasteiger charge is 2.23. The summed E-state index contributed by atoms with van der Waals surface area (Å²) in [5.74, 6) is 0.365. The first kappa shape index (κ1) is 10.4. The SMILES string of the molecule is CC(C)(C)C(C=S)c1ccccc1. The van der Waals surface area contributed by atoms with Gasteiger partial charge >= 0.3 is 0 Å². The van der Waals surface area contributed by atoms with Crippen molar-refractivity contribution in [1.82, 2.24) is 0 Å². The van der Waals surface area contributed by atoms with Gasteiger partial charge in [0.1, 0.15) is 0 Å². The van der Waals surface area contributed by atoms with Gasteiger partial charge < -0.3 is 0 Å². The molecule has 0 aliphatic heterocycles. The first-order chi connectivity index (χ1) is 6.05. The Hall–Kier alpha value is -0.690. The molecule has 0 nitrogen and oxygen atoms in total. The lowest BCUT2D eigenvalue weighted by Crippen LogP contribution is -2.18. The molecule has 0 saturated heterocycles. The van der Waals surface area contributed by atoms with Crippen LogP contribution in [0.2, 0.25) is 0 Å². The third kappa shape index (κ3) is 2.63. The molecule has 1 unspecified atom stereocenters. The van der Waals surface area contributed by atoms with Crippen molar-refractivity contribution in [2.75, 3.05) is 0 Å². The lowest BCUT2D eigenvalue weighted by molar-refractivity contribution is 0.389. The third-order valence-corrected chi connectivity index (χ3v) is 2.50. The molecule has 0 aromatic heterocycles. The van der Waals surface area contributed by atoms with Gasteiger partial charge in [0.2, 0.25) is 0 Å². The molecule has 0 fully saturated rings. The molecule has 1 rings (SSSR count). The first-order valence-corrected chi connectivity index (χ1v) is 5.03. The second-order valence-corrected chi connectivity index (χ2v) is 4.66. The van der Waals surface area contributed by atoms with E-state index in [1.165, 1.54) is 5.56 Å². The van der Waals surface area contributed by atoms with Crippen molar-refractivity contribution in [3.8, 4) is 0 Å². The summed E-state index contributed by atoms with van der Waals surface area (Å²) in [5.41, 5.74) is 1.52. The minimum atomic E-state index is 0.211. The Kier molecular flexibility index (Phi) is 3.21. The van der Waals surface area contributed by atoms with E-state index in [1.807, 2.05) is 11.4 Å². The van der Waals surface area contributed by atoms with E-state index in [0.717, 1.165) is 0 Å². The Bertz CT molecular complexity index is 269. The normalized spacial score (nSPS) is 13.8. The van der Waals surface area contributed by atoms with Gasteiger partial charge in [-0.3, -0.25) is 0 Å². The van der Waals surface area contributed by atoms with Crippen molar-refractivity contribution in [3.63, 3.8) is 0 Å². The molecule has 1 aromatic rings. The highest BCUT2D eigenvalue weighted by Crippen LogP contribution is 2.33. The molecule has 1 aromatic carbocycles. The average Bonchev–Trinajstić information content (AvgIpc) is 2.05.